The van der Waals surface area contributed by atoms with Gasteiger partial charge in [-0.15, -0.1) is 0 Å². The second-order valence-electron chi connectivity index (χ2n) is 11.4. The lowest BCUT2D eigenvalue weighted by molar-refractivity contribution is -0.00798. The number of amides is 3. The van der Waals surface area contributed by atoms with Crippen LogP contribution < -0.4 is 10.6 Å². The van der Waals surface area contributed by atoms with Gasteiger partial charge in [-0.25, -0.2) is 14.2 Å². The highest BCUT2D eigenvalue weighted by Gasteiger charge is 2.38. The maximum Gasteiger partial charge on any atom is 0.410 e. The molecule has 1 saturated heterocycles. The Morgan fingerprint density at radius 1 is 1.18 bits per heavy atom. The Hall–Kier alpha value is -3.95. The van der Waals surface area contributed by atoms with Crippen molar-refractivity contribution in [1.29, 1.82) is 0 Å². The average Bonchev–Trinajstić information content (AvgIpc) is 3.39. The summed E-state index contributed by atoms with van der Waals surface area (Å²) >= 11 is 0. The van der Waals surface area contributed by atoms with Gasteiger partial charge in [0.15, 0.2) is 0 Å². The van der Waals surface area contributed by atoms with E-state index >= 15 is 4.39 Å². The molecular formula is C30H38FN5O4. The quantitative estimate of drug-likeness (QED) is 0.349. The van der Waals surface area contributed by atoms with Gasteiger partial charge in [-0.05, 0) is 76.3 Å². The summed E-state index contributed by atoms with van der Waals surface area (Å²) < 4.78 is 21.0. The van der Waals surface area contributed by atoms with Crippen molar-refractivity contribution in [3.8, 4) is 0 Å². The summed E-state index contributed by atoms with van der Waals surface area (Å²) in [6.45, 7) is 6.05. The van der Waals surface area contributed by atoms with Crippen LogP contribution in [0.5, 0.6) is 0 Å². The number of benzene rings is 1. The van der Waals surface area contributed by atoms with E-state index in [1.165, 1.54) is 18.0 Å². The molecule has 214 valence electrons. The normalized spacial score (nSPS) is 17.5. The van der Waals surface area contributed by atoms with Crippen molar-refractivity contribution in [2.24, 2.45) is 0 Å². The third kappa shape index (κ3) is 7.37. The Morgan fingerprint density at radius 3 is 2.73 bits per heavy atom. The number of hydrogen-bond donors (Lipinski definition) is 3. The fourth-order valence-electron chi connectivity index (χ4n) is 5.04. The Morgan fingerprint density at radius 2 is 1.98 bits per heavy atom. The molecule has 0 saturated carbocycles. The predicted octanol–water partition coefficient (Wildman–Crippen LogP) is 4.76. The summed E-state index contributed by atoms with van der Waals surface area (Å²) in [5.74, 6) is -0.748. The summed E-state index contributed by atoms with van der Waals surface area (Å²) in [4.78, 5) is 47.0. The van der Waals surface area contributed by atoms with E-state index in [1.807, 2.05) is 30.5 Å². The maximum absolute atomic E-state index is 15.6. The molecule has 1 aliphatic heterocycles. The number of rotatable bonds is 8. The number of ether oxygens (including phenoxy) is 1. The summed E-state index contributed by atoms with van der Waals surface area (Å²) in [6.07, 6.45) is 3.33. The van der Waals surface area contributed by atoms with Gasteiger partial charge < -0.3 is 25.3 Å². The van der Waals surface area contributed by atoms with Crippen molar-refractivity contribution >= 4 is 28.8 Å². The molecule has 1 aromatic carbocycles. The number of H-pyrrole nitrogens is 1. The summed E-state index contributed by atoms with van der Waals surface area (Å²) in [7, 11) is 1.51. The highest BCUT2D eigenvalue weighted by molar-refractivity contribution is 5.98. The van der Waals surface area contributed by atoms with Crippen LogP contribution in [0.3, 0.4) is 0 Å². The van der Waals surface area contributed by atoms with Gasteiger partial charge in [-0.2, -0.15) is 0 Å². The Balaban J connectivity index is 1.38. The smallest absolute Gasteiger partial charge is 0.410 e. The summed E-state index contributed by atoms with van der Waals surface area (Å²) in [5, 5.41) is 6.46. The number of nitrogens with one attached hydrogen (secondary N) is 3. The minimum Gasteiger partial charge on any atom is -0.444 e. The first-order valence-electron chi connectivity index (χ1n) is 13.7. The standard InChI is InChI=1S/C30H38FN5O4/c1-29(2,3)40-28(39)36-15-7-12-30(31,19-36)11-6-13-34-26(37)21-17-22(35-25(18-21)27(38)32-4)16-20-8-5-9-24-23(20)10-14-33-24/h5,8-10,14,17-18,33H,6-7,11-13,15-16,19H2,1-4H3,(H,32,38)(H,34,37)/t30-/m1/s1. The van der Waals surface area contributed by atoms with E-state index in [9.17, 15) is 14.4 Å². The van der Waals surface area contributed by atoms with Gasteiger partial charge in [0.2, 0.25) is 0 Å². The molecule has 1 fully saturated rings. The van der Waals surface area contributed by atoms with Crippen LogP contribution in [0.2, 0.25) is 0 Å². The topological polar surface area (TPSA) is 116 Å². The molecule has 9 nitrogen and oxygen atoms in total. The number of halogens is 1. The van der Waals surface area contributed by atoms with Gasteiger partial charge >= 0.3 is 6.09 Å². The van der Waals surface area contributed by atoms with E-state index < -0.39 is 17.4 Å². The van der Waals surface area contributed by atoms with Gasteiger partial charge in [0, 0.05) is 54.9 Å². The second-order valence-corrected chi connectivity index (χ2v) is 11.4. The molecule has 1 aliphatic rings. The SMILES string of the molecule is CNC(=O)c1cc(C(=O)NCCC[C@@]2(F)CCCN(C(=O)OC(C)(C)C)C2)cc(Cc2cccc3[nH]ccc23)n1. The third-order valence-corrected chi connectivity index (χ3v) is 6.92. The molecule has 3 aromatic rings. The van der Waals surface area contributed by atoms with Crippen LogP contribution in [0.15, 0.2) is 42.6 Å². The third-order valence-electron chi connectivity index (χ3n) is 6.92. The molecule has 3 N–H and O–H groups in total. The molecule has 0 aliphatic carbocycles. The fraction of sp³-hybridized carbons (Fsp3) is 0.467. The first kappa shape index (κ1) is 29.0. The highest BCUT2D eigenvalue weighted by atomic mass is 19.1. The van der Waals surface area contributed by atoms with Gasteiger partial charge in [0.1, 0.15) is 17.0 Å². The number of aromatic amines is 1. The molecule has 0 radical (unpaired) electrons. The molecule has 0 spiro atoms. The minimum absolute atomic E-state index is 0.0209. The van der Waals surface area contributed by atoms with Crippen LogP contribution in [0.1, 0.15) is 78.6 Å². The minimum atomic E-state index is -1.53. The summed E-state index contributed by atoms with van der Waals surface area (Å²) in [6, 6.07) is 11.1. The van der Waals surface area contributed by atoms with Gasteiger partial charge in [0.25, 0.3) is 11.8 Å². The van der Waals surface area contributed by atoms with Crippen molar-refractivity contribution in [3.63, 3.8) is 0 Å². The van der Waals surface area contributed by atoms with E-state index in [1.54, 1.807) is 26.8 Å². The molecular weight excluding hydrogens is 513 g/mol. The van der Waals surface area contributed by atoms with E-state index in [4.69, 9.17) is 4.74 Å². The van der Waals surface area contributed by atoms with Crippen LogP contribution in [0.25, 0.3) is 10.9 Å². The lowest BCUT2D eigenvalue weighted by Crippen LogP contribution is -2.49. The largest absolute Gasteiger partial charge is 0.444 e. The molecule has 1 atom stereocenters. The van der Waals surface area contributed by atoms with Crippen LogP contribution in [-0.2, 0) is 11.2 Å². The van der Waals surface area contributed by atoms with E-state index in [2.05, 4.69) is 20.6 Å². The second kappa shape index (κ2) is 12.1. The van der Waals surface area contributed by atoms with Crippen molar-refractivity contribution in [2.75, 3.05) is 26.7 Å². The van der Waals surface area contributed by atoms with Gasteiger partial charge in [-0.3, -0.25) is 9.59 Å². The monoisotopic (exact) mass is 551 g/mol. The first-order valence-corrected chi connectivity index (χ1v) is 13.7. The lowest BCUT2D eigenvalue weighted by Gasteiger charge is -2.38. The Kier molecular flexibility index (Phi) is 8.76. The zero-order valence-corrected chi connectivity index (χ0v) is 23.6. The number of alkyl halides is 1. The van der Waals surface area contributed by atoms with Crippen LogP contribution >= 0.6 is 0 Å². The number of likely N-dealkylation sites (tertiary alicyclic amines) is 1. The molecule has 0 bridgehead atoms. The van der Waals surface area contributed by atoms with Crippen LogP contribution in [0.4, 0.5) is 9.18 Å². The van der Waals surface area contributed by atoms with Gasteiger partial charge in [0.05, 0.1) is 6.54 Å². The number of aromatic nitrogens is 2. The Bertz CT molecular complexity index is 1380. The van der Waals surface area contributed by atoms with E-state index in [0.717, 1.165) is 16.5 Å². The summed E-state index contributed by atoms with van der Waals surface area (Å²) in [5.41, 5.74) is 0.898. The molecule has 0 unspecified atom stereocenters. The fourth-order valence-corrected chi connectivity index (χ4v) is 5.04. The van der Waals surface area contributed by atoms with Crippen molar-refractivity contribution in [1.82, 2.24) is 25.5 Å². The average molecular weight is 552 g/mol. The zero-order valence-electron chi connectivity index (χ0n) is 23.6. The van der Waals surface area contributed by atoms with Crippen molar-refractivity contribution in [3.05, 3.63) is 65.1 Å². The number of pyridine rings is 1. The molecule has 3 heterocycles. The van der Waals surface area contributed by atoms with Gasteiger partial charge in [-0.1, -0.05) is 12.1 Å². The maximum atomic E-state index is 15.6. The number of carbonyl (C=O) groups excluding carboxylic acids is 3. The molecule has 2 aromatic heterocycles. The number of piperidine rings is 1. The number of fused-ring (bicyclic) bond motifs is 1. The van der Waals surface area contributed by atoms with Crippen LogP contribution in [0, 0.1) is 0 Å². The van der Waals surface area contributed by atoms with Crippen molar-refractivity contribution < 1.29 is 23.5 Å². The molecule has 40 heavy (non-hydrogen) atoms. The predicted molar refractivity (Wildman–Crippen MR) is 151 cm³/mol. The van der Waals surface area contributed by atoms with E-state index in [0.29, 0.717) is 43.5 Å². The van der Waals surface area contributed by atoms with E-state index in [-0.39, 0.29) is 37.0 Å². The first-order chi connectivity index (χ1) is 19.0. The number of hydrogen-bond acceptors (Lipinski definition) is 5. The number of carbonyl (C=O) groups is 3. The highest BCUT2D eigenvalue weighted by Crippen LogP contribution is 2.30. The zero-order chi connectivity index (χ0) is 28.9. The lowest BCUT2D eigenvalue weighted by atomic mass is 9.90. The van der Waals surface area contributed by atoms with Crippen LogP contribution in [-0.4, -0.2) is 70.7 Å². The molecule has 10 heteroatoms. The number of nitrogens with zero attached hydrogens (tertiary/aromatic N) is 2. The molecule has 4 rings (SSSR count). The molecule has 3 amide bonds. The van der Waals surface area contributed by atoms with Crippen molar-refractivity contribution in [2.45, 2.75) is 64.1 Å². The Labute approximate surface area is 233 Å².